The predicted molar refractivity (Wildman–Crippen MR) is 155 cm³/mol. The zero-order valence-corrected chi connectivity index (χ0v) is 21.3. The van der Waals surface area contributed by atoms with Crippen molar-refractivity contribution < 1.29 is 14.9 Å². The molecule has 198 valence electrons. The molecule has 2 aromatic heterocycles. The van der Waals surface area contributed by atoms with Gasteiger partial charge in [0.1, 0.15) is 12.3 Å². The van der Waals surface area contributed by atoms with Gasteiger partial charge >= 0.3 is 0 Å². The first-order valence-corrected chi connectivity index (χ1v) is 13.3. The van der Waals surface area contributed by atoms with Crippen LogP contribution in [0, 0.1) is 0 Å². The van der Waals surface area contributed by atoms with Crippen molar-refractivity contribution in [1.82, 2.24) is 19.5 Å². The summed E-state index contributed by atoms with van der Waals surface area (Å²) in [5, 5.41) is 32.6. The van der Waals surface area contributed by atoms with Crippen LogP contribution >= 0.6 is 0 Å². The maximum Gasteiger partial charge on any atom is 0.280 e. The van der Waals surface area contributed by atoms with E-state index in [2.05, 4.69) is 80.9 Å². The molecule has 0 amide bonds. The standard InChI is InChI=1S/C31H25N5O4/c37-14-24-23(38)12-25(40-24)36-15-33-28-29(36)34-31(35-30(28)39)32-13-22-19-7-2-1-6-18(19)20-10-8-16-4-3-5-17-9-11-21(22)27(20)26(16)17/h1-11,15,23-25,37-38H,12-14H2,(H2,32,34,35,39)/t23-,24+,25+/m0/s1. The largest absolute Gasteiger partial charge is 0.394 e. The second-order valence-corrected chi connectivity index (χ2v) is 10.4. The number of hydrogen-bond acceptors (Lipinski definition) is 7. The minimum absolute atomic E-state index is 0.185. The number of aromatic amines is 1. The first-order valence-electron chi connectivity index (χ1n) is 13.3. The molecule has 0 bridgehead atoms. The van der Waals surface area contributed by atoms with Crippen LogP contribution in [-0.4, -0.2) is 48.5 Å². The molecule has 5 aromatic carbocycles. The van der Waals surface area contributed by atoms with Gasteiger partial charge in [0, 0.05) is 13.0 Å². The monoisotopic (exact) mass is 531 g/mol. The van der Waals surface area contributed by atoms with Crippen LogP contribution in [0.4, 0.5) is 5.95 Å². The van der Waals surface area contributed by atoms with Gasteiger partial charge in [0.2, 0.25) is 5.95 Å². The van der Waals surface area contributed by atoms with Gasteiger partial charge in [0.25, 0.3) is 5.56 Å². The molecule has 1 fully saturated rings. The molecular weight excluding hydrogens is 506 g/mol. The highest BCUT2D eigenvalue weighted by molar-refractivity contribution is 6.30. The van der Waals surface area contributed by atoms with Crippen LogP contribution in [0.2, 0.25) is 0 Å². The van der Waals surface area contributed by atoms with Crippen LogP contribution in [0.3, 0.4) is 0 Å². The molecule has 40 heavy (non-hydrogen) atoms. The molecule has 4 N–H and O–H groups in total. The fourth-order valence-corrected chi connectivity index (χ4v) is 6.32. The Labute approximate surface area is 227 Å². The molecule has 0 aliphatic carbocycles. The van der Waals surface area contributed by atoms with Crippen molar-refractivity contribution >= 4 is 60.2 Å². The van der Waals surface area contributed by atoms with E-state index >= 15 is 0 Å². The molecule has 0 spiro atoms. The van der Waals surface area contributed by atoms with Crippen LogP contribution in [0.15, 0.2) is 77.9 Å². The number of rotatable bonds is 5. The predicted octanol–water partition coefficient (Wildman–Crippen LogP) is 4.42. The maximum absolute atomic E-state index is 12.9. The highest BCUT2D eigenvalue weighted by Gasteiger charge is 2.35. The quantitative estimate of drug-likeness (QED) is 0.191. The number of imidazole rings is 1. The number of aliphatic hydroxyl groups is 2. The smallest absolute Gasteiger partial charge is 0.280 e. The molecule has 3 heterocycles. The summed E-state index contributed by atoms with van der Waals surface area (Å²) in [5.74, 6) is 0.311. The number of nitrogens with zero attached hydrogens (tertiary/aromatic N) is 3. The molecule has 1 aliphatic rings. The van der Waals surface area contributed by atoms with Gasteiger partial charge < -0.3 is 20.3 Å². The Balaban J connectivity index is 1.24. The van der Waals surface area contributed by atoms with Gasteiger partial charge in [-0.1, -0.05) is 66.7 Å². The molecule has 9 nitrogen and oxygen atoms in total. The Morgan fingerprint density at radius 3 is 2.50 bits per heavy atom. The minimum atomic E-state index is -0.810. The molecule has 3 atom stereocenters. The minimum Gasteiger partial charge on any atom is -0.394 e. The van der Waals surface area contributed by atoms with E-state index in [1.165, 1.54) is 38.6 Å². The summed E-state index contributed by atoms with van der Waals surface area (Å²) in [7, 11) is 0. The average molecular weight is 532 g/mol. The number of benzene rings is 5. The number of aliphatic hydroxyl groups excluding tert-OH is 2. The van der Waals surface area contributed by atoms with E-state index in [-0.39, 0.29) is 24.1 Å². The van der Waals surface area contributed by atoms with Crippen molar-refractivity contribution in [1.29, 1.82) is 0 Å². The van der Waals surface area contributed by atoms with Gasteiger partial charge in [-0.15, -0.1) is 0 Å². The summed E-state index contributed by atoms with van der Waals surface area (Å²) in [6.07, 6.45) is -0.328. The van der Waals surface area contributed by atoms with Crippen molar-refractivity contribution in [3.8, 4) is 0 Å². The highest BCUT2D eigenvalue weighted by atomic mass is 16.5. The van der Waals surface area contributed by atoms with E-state index < -0.39 is 18.4 Å². The third kappa shape index (κ3) is 3.35. The number of ether oxygens (including phenoxy) is 1. The third-order valence-electron chi connectivity index (χ3n) is 8.20. The van der Waals surface area contributed by atoms with Crippen LogP contribution < -0.4 is 10.9 Å². The molecule has 1 aliphatic heterocycles. The zero-order chi connectivity index (χ0) is 27.0. The number of hydrogen-bond donors (Lipinski definition) is 4. The Bertz CT molecular complexity index is 2120. The van der Waals surface area contributed by atoms with Crippen LogP contribution in [-0.2, 0) is 11.3 Å². The first-order chi connectivity index (χ1) is 19.6. The van der Waals surface area contributed by atoms with E-state index in [9.17, 15) is 15.0 Å². The van der Waals surface area contributed by atoms with Crippen molar-refractivity contribution in [3.05, 3.63) is 89.0 Å². The van der Waals surface area contributed by atoms with E-state index in [1.54, 1.807) is 4.57 Å². The Morgan fingerprint density at radius 2 is 1.73 bits per heavy atom. The number of H-pyrrole nitrogens is 1. The second kappa shape index (κ2) is 8.72. The summed E-state index contributed by atoms with van der Waals surface area (Å²) >= 11 is 0. The first kappa shape index (κ1) is 23.3. The molecule has 1 saturated heterocycles. The molecule has 0 radical (unpaired) electrons. The van der Waals surface area contributed by atoms with E-state index in [0.717, 1.165) is 16.3 Å². The number of anilines is 1. The molecule has 0 unspecified atom stereocenters. The van der Waals surface area contributed by atoms with Gasteiger partial charge in [-0.3, -0.25) is 14.3 Å². The van der Waals surface area contributed by atoms with Gasteiger partial charge in [-0.25, -0.2) is 4.98 Å². The van der Waals surface area contributed by atoms with Gasteiger partial charge in [0.05, 0.1) is 19.0 Å². The summed E-state index contributed by atoms with van der Waals surface area (Å²) in [6, 6.07) is 23.5. The van der Waals surface area contributed by atoms with E-state index in [0.29, 0.717) is 18.1 Å². The van der Waals surface area contributed by atoms with Gasteiger partial charge in [-0.05, 0) is 48.7 Å². The lowest BCUT2D eigenvalue weighted by molar-refractivity contribution is -0.0432. The lowest BCUT2D eigenvalue weighted by Gasteiger charge is -2.18. The van der Waals surface area contributed by atoms with Crippen molar-refractivity contribution in [2.45, 2.75) is 31.4 Å². The number of fused-ring (bicyclic) bond motifs is 3. The van der Waals surface area contributed by atoms with Gasteiger partial charge in [0.15, 0.2) is 11.2 Å². The lowest BCUT2D eigenvalue weighted by Crippen LogP contribution is -2.24. The van der Waals surface area contributed by atoms with Crippen LogP contribution in [0.25, 0.3) is 54.3 Å². The maximum atomic E-state index is 12.9. The van der Waals surface area contributed by atoms with Crippen LogP contribution in [0.5, 0.6) is 0 Å². The van der Waals surface area contributed by atoms with Gasteiger partial charge in [-0.2, -0.15) is 4.98 Å². The number of aromatic nitrogens is 4. The Hall–Kier alpha value is -4.57. The summed E-state index contributed by atoms with van der Waals surface area (Å²) in [6.45, 7) is 0.140. The lowest BCUT2D eigenvalue weighted by atomic mass is 9.88. The average Bonchev–Trinajstić information content (AvgIpc) is 3.58. The fourth-order valence-electron chi connectivity index (χ4n) is 6.32. The normalized spacial score (nSPS) is 19.6. The summed E-state index contributed by atoms with van der Waals surface area (Å²) in [4.78, 5) is 24.7. The zero-order valence-electron chi connectivity index (χ0n) is 21.3. The molecule has 0 saturated carbocycles. The topological polar surface area (TPSA) is 125 Å². The van der Waals surface area contributed by atoms with E-state index in [4.69, 9.17) is 4.74 Å². The van der Waals surface area contributed by atoms with Crippen molar-refractivity contribution in [2.75, 3.05) is 11.9 Å². The third-order valence-corrected chi connectivity index (χ3v) is 8.20. The van der Waals surface area contributed by atoms with Crippen molar-refractivity contribution in [3.63, 3.8) is 0 Å². The number of nitrogens with one attached hydrogen (secondary N) is 2. The summed E-state index contributed by atoms with van der Waals surface area (Å²) in [5.41, 5.74) is 1.28. The molecular formula is C31H25N5O4. The highest BCUT2D eigenvalue weighted by Crippen LogP contribution is 2.41. The Kier molecular flexibility index (Phi) is 5.09. The SMILES string of the molecule is O=c1[nH]c(NCc2c3ccccc3c3ccc4cccc5ccc2c3c54)nc2c1ncn2[C@H]1C[C@H](O)[C@@H](CO)O1. The Morgan fingerprint density at radius 1 is 0.950 bits per heavy atom. The molecule has 8 rings (SSSR count). The van der Waals surface area contributed by atoms with Crippen LogP contribution in [0.1, 0.15) is 18.2 Å². The fraction of sp³-hybridized carbons (Fsp3) is 0.194. The van der Waals surface area contributed by atoms with E-state index in [1.807, 2.05) is 6.07 Å². The molecule has 7 aromatic rings. The second-order valence-electron chi connectivity index (χ2n) is 10.4. The summed E-state index contributed by atoms with van der Waals surface area (Å²) < 4.78 is 7.43. The molecule has 9 heteroatoms. The van der Waals surface area contributed by atoms with Crippen molar-refractivity contribution in [2.24, 2.45) is 0 Å².